The monoisotopic (exact) mass is 688 g/mol. The Bertz CT molecular complexity index is 2850. The van der Waals surface area contributed by atoms with Gasteiger partial charge in [0, 0.05) is 27.6 Å². The number of ether oxygens (including phenoxy) is 1. The van der Waals surface area contributed by atoms with Gasteiger partial charge < -0.3 is 4.74 Å². The molecule has 0 amide bonds. The van der Waals surface area contributed by atoms with Crippen molar-refractivity contribution in [3.05, 3.63) is 216 Å². The van der Waals surface area contributed by atoms with Gasteiger partial charge in [0.2, 0.25) is 0 Å². The number of nitrogens with zero attached hydrogens (tertiary/aromatic N) is 2. The molecular formula is C51H32N2O. The molecule has 0 radical (unpaired) electrons. The zero-order valence-electron chi connectivity index (χ0n) is 29.3. The number of hydrogen-bond donors (Lipinski definition) is 0. The highest BCUT2D eigenvalue weighted by Gasteiger charge is 2.51. The number of aromatic nitrogens is 2. The van der Waals surface area contributed by atoms with Crippen LogP contribution in [0.1, 0.15) is 22.3 Å². The Kier molecular flexibility index (Phi) is 6.77. The minimum Gasteiger partial charge on any atom is -0.457 e. The van der Waals surface area contributed by atoms with Crippen molar-refractivity contribution in [1.29, 1.82) is 0 Å². The molecule has 2 aliphatic rings. The number of hydrogen-bond acceptors (Lipinski definition) is 3. The predicted molar refractivity (Wildman–Crippen MR) is 219 cm³/mol. The summed E-state index contributed by atoms with van der Waals surface area (Å²) >= 11 is 0. The van der Waals surface area contributed by atoms with Gasteiger partial charge in [-0.3, -0.25) is 0 Å². The molecule has 3 nitrogen and oxygen atoms in total. The van der Waals surface area contributed by atoms with Crippen molar-refractivity contribution >= 4 is 10.9 Å². The van der Waals surface area contributed by atoms with Crippen molar-refractivity contribution < 1.29 is 4.74 Å². The molecule has 1 aromatic heterocycles. The minimum atomic E-state index is -0.497. The second-order valence-electron chi connectivity index (χ2n) is 14.1. The van der Waals surface area contributed by atoms with E-state index >= 15 is 0 Å². The van der Waals surface area contributed by atoms with E-state index in [1.54, 1.807) is 0 Å². The molecular weight excluding hydrogens is 657 g/mol. The van der Waals surface area contributed by atoms with Gasteiger partial charge in [0.15, 0.2) is 5.82 Å². The third-order valence-corrected chi connectivity index (χ3v) is 11.2. The van der Waals surface area contributed by atoms with Crippen molar-refractivity contribution in [3.63, 3.8) is 0 Å². The third kappa shape index (κ3) is 4.55. The maximum Gasteiger partial charge on any atom is 0.160 e. The summed E-state index contributed by atoms with van der Waals surface area (Å²) < 4.78 is 6.54. The summed E-state index contributed by atoms with van der Waals surface area (Å²) in [5.74, 6) is 2.52. The maximum absolute atomic E-state index is 6.54. The molecule has 54 heavy (non-hydrogen) atoms. The molecule has 0 N–H and O–H groups in total. The van der Waals surface area contributed by atoms with Gasteiger partial charge in [0.25, 0.3) is 0 Å². The van der Waals surface area contributed by atoms with Gasteiger partial charge in [-0.2, -0.15) is 0 Å². The average molecular weight is 689 g/mol. The lowest BCUT2D eigenvalue weighted by molar-refractivity contribution is 0.436. The van der Waals surface area contributed by atoms with Gasteiger partial charge >= 0.3 is 0 Å². The van der Waals surface area contributed by atoms with E-state index in [-0.39, 0.29) is 0 Å². The normalized spacial score (nSPS) is 13.1. The van der Waals surface area contributed by atoms with Crippen molar-refractivity contribution in [2.24, 2.45) is 0 Å². The number of fused-ring (bicyclic) bond motifs is 10. The molecule has 1 spiro atoms. The van der Waals surface area contributed by atoms with Crippen LogP contribution in [0.25, 0.3) is 66.9 Å². The van der Waals surface area contributed by atoms with Crippen LogP contribution < -0.4 is 4.74 Å². The van der Waals surface area contributed by atoms with Crippen LogP contribution in [-0.4, -0.2) is 9.97 Å². The maximum atomic E-state index is 6.54. The van der Waals surface area contributed by atoms with E-state index in [0.29, 0.717) is 5.82 Å². The molecule has 0 bridgehead atoms. The van der Waals surface area contributed by atoms with Gasteiger partial charge in [-0.1, -0.05) is 170 Å². The lowest BCUT2D eigenvalue weighted by Gasteiger charge is -2.39. The third-order valence-electron chi connectivity index (χ3n) is 11.2. The van der Waals surface area contributed by atoms with E-state index in [4.69, 9.17) is 14.7 Å². The summed E-state index contributed by atoms with van der Waals surface area (Å²) in [5.41, 5.74) is 15.5. The first-order valence-electron chi connectivity index (χ1n) is 18.4. The number of rotatable bonds is 4. The van der Waals surface area contributed by atoms with E-state index in [0.717, 1.165) is 44.8 Å². The topological polar surface area (TPSA) is 35.0 Å². The second kappa shape index (κ2) is 12.0. The van der Waals surface area contributed by atoms with Crippen molar-refractivity contribution in [1.82, 2.24) is 9.97 Å². The Hall–Kier alpha value is -7.10. The van der Waals surface area contributed by atoms with E-state index in [1.165, 1.54) is 50.1 Å². The van der Waals surface area contributed by atoms with Crippen LogP contribution in [0.5, 0.6) is 11.5 Å². The molecule has 11 rings (SSSR count). The highest BCUT2D eigenvalue weighted by molar-refractivity contribution is 5.94. The fourth-order valence-corrected chi connectivity index (χ4v) is 8.72. The molecule has 0 atom stereocenters. The summed E-state index contributed by atoms with van der Waals surface area (Å²) in [6.45, 7) is 0. The van der Waals surface area contributed by atoms with Crippen LogP contribution in [0.4, 0.5) is 0 Å². The van der Waals surface area contributed by atoms with Crippen LogP contribution in [0, 0.1) is 0 Å². The summed E-state index contributed by atoms with van der Waals surface area (Å²) in [6.07, 6.45) is 0. The molecule has 9 aromatic rings. The van der Waals surface area contributed by atoms with Crippen molar-refractivity contribution in [2.45, 2.75) is 5.41 Å². The van der Waals surface area contributed by atoms with Crippen molar-refractivity contribution in [2.75, 3.05) is 0 Å². The smallest absolute Gasteiger partial charge is 0.160 e. The van der Waals surface area contributed by atoms with Gasteiger partial charge in [-0.25, -0.2) is 9.97 Å². The largest absolute Gasteiger partial charge is 0.457 e. The number of benzene rings is 8. The fourth-order valence-electron chi connectivity index (χ4n) is 8.72. The summed E-state index contributed by atoms with van der Waals surface area (Å²) in [7, 11) is 0. The van der Waals surface area contributed by atoms with Crippen LogP contribution >= 0.6 is 0 Å². The van der Waals surface area contributed by atoms with Gasteiger partial charge in [-0.15, -0.1) is 0 Å². The molecule has 2 heterocycles. The Morgan fingerprint density at radius 3 is 1.61 bits per heavy atom. The lowest BCUT2D eigenvalue weighted by atomic mass is 9.66. The fraction of sp³-hybridized carbons (Fsp3) is 0.0196. The molecule has 0 unspecified atom stereocenters. The lowest BCUT2D eigenvalue weighted by Crippen LogP contribution is -2.32. The van der Waals surface area contributed by atoms with Gasteiger partial charge in [-0.05, 0) is 68.8 Å². The zero-order valence-corrected chi connectivity index (χ0v) is 29.3. The molecule has 252 valence electrons. The van der Waals surface area contributed by atoms with Crippen LogP contribution in [0.3, 0.4) is 0 Å². The Morgan fingerprint density at radius 2 is 0.870 bits per heavy atom. The Balaban J connectivity index is 1.02. The molecule has 0 saturated carbocycles. The highest BCUT2D eigenvalue weighted by atomic mass is 16.5. The van der Waals surface area contributed by atoms with E-state index < -0.39 is 5.41 Å². The Labute approximate surface area is 313 Å². The summed E-state index contributed by atoms with van der Waals surface area (Å²) in [4.78, 5) is 10.2. The first-order valence-corrected chi connectivity index (χ1v) is 18.4. The molecule has 8 aromatic carbocycles. The van der Waals surface area contributed by atoms with Gasteiger partial charge in [0.05, 0.1) is 16.6 Å². The molecule has 1 aliphatic carbocycles. The highest BCUT2D eigenvalue weighted by Crippen LogP contribution is 2.62. The molecule has 0 fully saturated rings. The van der Waals surface area contributed by atoms with Gasteiger partial charge in [0.1, 0.15) is 11.5 Å². The quantitative estimate of drug-likeness (QED) is 0.185. The van der Waals surface area contributed by atoms with E-state index in [9.17, 15) is 0 Å². The van der Waals surface area contributed by atoms with Crippen LogP contribution in [0.2, 0.25) is 0 Å². The molecule has 1 aliphatic heterocycles. The standard InChI is InChI=1S/C51H32N2O/c1-2-12-33(13-3-1)34-24-28-37(29-25-34)50-52-46-19-9-5-15-41(46)49(53-50)36-26-22-35(23-27-36)38-30-31-40-39-14-4-6-16-42(39)51(45(40)32-38)43-17-7-10-20-47(43)54-48-21-11-8-18-44(48)51/h1-32H. The zero-order chi connectivity index (χ0) is 35.6. The number of para-hydroxylation sites is 3. The van der Waals surface area contributed by atoms with Crippen LogP contribution in [0.15, 0.2) is 194 Å². The predicted octanol–water partition coefficient (Wildman–Crippen LogP) is 12.8. The Morgan fingerprint density at radius 1 is 0.352 bits per heavy atom. The minimum absolute atomic E-state index is 0.497. The summed E-state index contributed by atoms with van der Waals surface area (Å²) in [5, 5.41) is 1.03. The molecule has 0 saturated heterocycles. The summed E-state index contributed by atoms with van der Waals surface area (Å²) in [6, 6.07) is 69.0. The first-order chi connectivity index (χ1) is 26.8. The second-order valence-corrected chi connectivity index (χ2v) is 14.1. The van der Waals surface area contributed by atoms with E-state index in [1.807, 2.05) is 12.1 Å². The van der Waals surface area contributed by atoms with Crippen molar-refractivity contribution in [3.8, 4) is 67.5 Å². The first kappa shape index (κ1) is 30.5. The average Bonchev–Trinajstić information content (AvgIpc) is 3.54. The molecule has 3 heteroatoms. The van der Waals surface area contributed by atoms with Crippen LogP contribution in [-0.2, 0) is 5.41 Å². The SMILES string of the molecule is c1ccc(-c2ccc(-c3nc(-c4ccc(-c5ccc6c(c5)C5(c7ccccc7Oc7ccccc75)c5ccccc5-6)cc4)c4ccccc4n3)cc2)cc1. The van der Waals surface area contributed by atoms with E-state index in [2.05, 4.69) is 182 Å².